The molecule has 1 N–H and O–H groups in total. The molecule has 2 aromatic heterocycles. The van der Waals surface area contributed by atoms with Gasteiger partial charge in [0.05, 0.1) is 21.7 Å². The molecule has 1 aliphatic rings. The van der Waals surface area contributed by atoms with Crippen molar-refractivity contribution in [3.8, 4) is 5.69 Å². The first kappa shape index (κ1) is 26.9. The van der Waals surface area contributed by atoms with Crippen molar-refractivity contribution in [3.05, 3.63) is 142 Å². The van der Waals surface area contributed by atoms with E-state index in [0.29, 0.717) is 5.11 Å². The summed E-state index contributed by atoms with van der Waals surface area (Å²) in [5, 5.41) is 15.0. The molecule has 7 nitrogen and oxygen atoms in total. The van der Waals surface area contributed by atoms with Gasteiger partial charge in [-0.15, -0.1) is 0 Å². The Labute approximate surface area is 249 Å². The van der Waals surface area contributed by atoms with Crippen molar-refractivity contribution in [1.29, 1.82) is 0 Å². The van der Waals surface area contributed by atoms with Gasteiger partial charge in [0.2, 0.25) is 0 Å². The molecular weight excluding hydrogens is 581 g/mol. The molecule has 41 heavy (non-hydrogen) atoms. The summed E-state index contributed by atoms with van der Waals surface area (Å²) in [4.78, 5) is 19.1. The minimum absolute atomic E-state index is 0.0430. The maximum atomic E-state index is 14.0. The van der Waals surface area contributed by atoms with Gasteiger partial charge in [-0.2, -0.15) is 0 Å². The van der Waals surface area contributed by atoms with E-state index in [-0.39, 0.29) is 22.8 Å². The SMILES string of the molecule is O=[N+]([O-])c1ccc(Sc2ccc(N3C(=S)N[C@H](c4ccccn4)[C@H]3c3cccn3-c3ccc(F)c(Cl)c3)cc2)cc1. The first-order valence-corrected chi connectivity index (χ1v) is 14.1. The van der Waals surface area contributed by atoms with Crippen LogP contribution in [0.2, 0.25) is 5.02 Å². The van der Waals surface area contributed by atoms with Gasteiger partial charge in [-0.3, -0.25) is 15.1 Å². The molecule has 3 heterocycles. The van der Waals surface area contributed by atoms with Crippen molar-refractivity contribution >= 4 is 52.1 Å². The molecule has 1 fully saturated rings. The number of aromatic nitrogens is 2. The third kappa shape index (κ3) is 5.41. The number of nitro groups is 1. The van der Waals surface area contributed by atoms with Gasteiger partial charge >= 0.3 is 0 Å². The highest BCUT2D eigenvalue weighted by molar-refractivity contribution is 7.99. The fraction of sp³-hybridized carbons (Fsp3) is 0.0667. The average Bonchev–Trinajstić information content (AvgIpc) is 3.60. The zero-order valence-corrected chi connectivity index (χ0v) is 23.6. The summed E-state index contributed by atoms with van der Waals surface area (Å²) >= 11 is 13.5. The summed E-state index contributed by atoms with van der Waals surface area (Å²) in [7, 11) is 0. The molecule has 3 aromatic carbocycles. The zero-order valence-electron chi connectivity index (χ0n) is 21.2. The molecule has 0 radical (unpaired) electrons. The second kappa shape index (κ2) is 11.3. The number of non-ortho nitro benzene ring substituents is 1. The molecule has 0 saturated carbocycles. The Kier molecular flexibility index (Phi) is 7.44. The molecule has 1 aliphatic heterocycles. The lowest BCUT2D eigenvalue weighted by Gasteiger charge is -2.29. The molecule has 2 atom stereocenters. The van der Waals surface area contributed by atoms with Gasteiger partial charge in [0, 0.05) is 51.4 Å². The van der Waals surface area contributed by atoms with Gasteiger partial charge in [0.25, 0.3) is 5.69 Å². The number of hydrogen-bond acceptors (Lipinski definition) is 5. The highest BCUT2D eigenvalue weighted by Crippen LogP contribution is 2.43. The van der Waals surface area contributed by atoms with Gasteiger partial charge in [-0.05, 0) is 91.1 Å². The average molecular weight is 602 g/mol. The number of rotatable bonds is 7. The van der Waals surface area contributed by atoms with Crippen LogP contribution in [-0.2, 0) is 0 Å². The van der Waals surface area contributed by atoms with Crippen LogP contribution in [0.3, 0.4) is 0 Å². The topological polar surface area (TPSA) is 76.2 Å². The summed E-state index contributed by atoms with van der Waals surface area (Å²) in [6.07, 6.45) is 3.67. The highest BCUT2D eigenvalue weighted by atomic mass is 35.5. The van der Waals surface area contributed by atoms with E-state index in [9.17, 15) is 14.5 Å². The monoisotopic (exact) mass is 601 g/mol. The van der Waals surface area contributed by atoms with Crippen molar-refractivity contribution in [2.24, 2.45) is 0 Å². The number of thiocarbonyl (C=S) groups is 1. The van der Waals surface area contributed by atoms with Gasteiger partial charge < -0.3 is 14.8 Å². The molecule has 0 spiro atoms. The van der Waals surface area contributed by atoms with E-state index in [1.165, 1.54) is 30.0 Å². The standard InChI is InChI=1S/C30H21ClFN5O2S2/c31-24-18-21(10-15-25(24)32)35-17-3-5-27(35)29-28(26-4-1-2-16-33-26)34-30(40)36(29)19-6-11-22(12-7-19)41-23-13-8-20(9-14-23)37(38)39/h1-18,28-29H,(H,34,40)/t28-,29-/m1/s1. The van der Waals surface area contributed by atoms with E-state index in [1.54, 1.807) is 30.5 Å². The van der Waals surface area contributed by atoms with Crippen molar-refractivity contribution in [1.82, 2.24) is 14.9 Å². The predicted molar refractivity (Wildman–Crippen MR) is 162 cm³/mol. The van der Waals surface area contributed by atoms with E-state index in [4.69, 9.17) is 23.8 Å². The van der Waals surface area contributed by atoms with Crippen LogP contribution in [0.25, 0.3) is 5.69 Å². The summed E-state index contributed by atoms with van der Waals surface area (Å²) in [6.45, 7) is 0. The minimum Gasteiger partial charge on any atom is -0.351 e. The summed E-state index contributed by atoms with van der Waals surface area (Å²) in [5.41, 5.74) is 3.41. The number of nitrogens with zero attached hydrogens (tertiary/aromatic N) is 4. The summed E-state index contributed by atoms with van der Waals surface area (Å²) in [6, 6.07) is 28.3. The molecule has 11 heteroatoms. The molecule has 0 amide bonds. The molecule has 6 rings (SSSR count). The zero-order chi connectivity index (χ0) is 28.5. The van der Waals surface area contributed by atoms with Gasteiger partial charge in [0.15, 0.2) is 5.11 Å². The highest BCUT2D eigenvalue weighted by Gasteiger charge is 2.42. The van der Waals surface area contributed by atoms with Crippen molar-refractivity contribution in [2.75, 3.05) is 4.90 Å². The number of halogens is 2. The fourth-order valence-corrected chi connectivity index (χ4v) is 6.22. The van der Waals surface area contributed by atoms with E-state index in [0.717, 1.165) is 32.6 Å². The predicted octanol–water partition coefficient (Wildman–Crippen LogP) is 7.90. The molecule has 0 aliphatic carbocycles. The Morgan fingerprint density at radius 2 is 1.66 bits per heavy atom. The first-order chi connectivity index (χ1) is 19.9. The third-order valence-electron chi connectivity index (χ3n) is 6.76. The lowest BCUT2D eigenvalue weighted by molar-refractivity contribution is -0.384. The molecule has 204 valence electrons. The molecular formula is C30H21ClFN5O2S2. The summed E-state index contributed by atoms with van der Waals surface area (Å²) in [5.74, 6) is -0.479. The van der Waals surface area contributed by atoms with E-state index >= 15 is 0 Å². The number of nitro benzene ring substituents is 1. The normalized spacial score (nSPS) is 16.5. The van der Waals surface area contributed by atoms with Crippen LogP contribution in [0.1, 0.15) is 23.5 Å². The number of pyridine rings is 1. The fourth-order valence-electron chi connectivity index (χ4n) is 4.89. The Bertz CT molecular complexity index is 1730. The van der Waals surface area contributed by atoms with Gasteiger partial charge in [-0.1, -0.05) is 29.4 Å². The second-order valence-electron chi connectivity index (χ2n) is 9.25. The van der Waals surface area contributed by atoms with Crippen molar-refractivity contribution in [3.63, 3.8) is 0 Å². The van der Waals surface area contributed by atoms with E-state index in [1.807, 2.05) is 65.4 Å². The number of nitrogens with one attached hydrogen (secondary N) is 1. The lowest BCUT2D eigenvalue weighted by atomic mass is 10.0. The van der Waals surface area contributed by atoms with Crippen molar-refractivity contribution in [2.45, 2.75) is 21.9 Å². The third-order valence-corrected chi connectivity index (χ3v) is 8.38. The molecule has 0 bridgehead atoms. The van der Waals surface area contributed by atoms with Gasteiger partial charge in [-0.25, -0.2) is 4.39 Å². The molecule has 1 saturated heterocycles. The maximum absolute atomic E-state index is 14.0. The second-order valence-corrected chi connectivity index (χ2v) is 11.2. The lowest BCUT2D eigenvalue weighted by Crippen LogP contribution is -2.30. The largest absolute Gasteiger partial charge is 0.351 e. The van der Waals surface area contributed by atoms with Crippen molar-refractivity contribution < 1.29 is 9.31 Å². The number of benzene rings is 3. The van der Waals surface area contributed by atoms with Crippen LogP contribution < -0.4 is 10.2 Å². The number of hydrogen-bond donors (Lipinski definition) is 1. The Hall–Kier alpha value is -4.25. The van der Waals surface area contributed by atoms with E-state index < -0.39 is 10.7 Å². The Morgan fingerprint density at radius 3 is 2.32 bits per heavy atom. The Balaban J connectivity index is 1.36. The van der Waals surface area contributed by atoms with Crippen LogP contribution in [-0.4, -0.2) is 19.6 Å². The van der Waals surface area contributed by atoms with Crippen LogP contribution in [0, 0.1) is 15.9 Å². The smallest absolute Gasteiger partial charge is 0.269 e. The van der Waals surface area contributed by atoms with Crippen LogP contribution in [0.5, 0.6) is 0 Å². The maximum Gasteiger partial charge on any atom is 0.269 e. The van der Waals surface area contributed by atoms with Crippen LogP contribution in [0.15, 0.2) is 119 Å². The number of anilines is 1. The minimum atomic E-state index is -0.479. The quantitative estimate of drug-likeness (QED) is 0.115. The van der Waals surface area contributed by atoms with Gasteiger partial charge in [0.1, 0.15) is 11.9 Å². The van der Waals surface area contributed by atoms with Crippen LogP contribution >= 0.6 is 35.6 Å². The first-order valence-electron chi connectivity index (χ1n) is 12.5. The summed E-state index contributed by atoms with van der Waals surface area (Å²) < 4.78 is 15.9. The molecule has 0 unspecified atom stereocenters. The molecule has 5 aromatic rings. The Morgan fingerprint density at radius 1 is 0.951 bits per heavy atom. The van der Waals surface area contributed by atoms with E-state index in [2.05, 4.69) is 15.2 Å². The van der Waals surface area contributed by atoms with Crippen LogP contribution in [0.4, 0.5) is 15.8 Å².